The third kappa shape index (κ3) is 2.73. The van der Waals surface area contributed by atoms with E-state index in [1.165, 1.54) is 0 Å². The zero-order valence-electron chi connectivity index (χ0n) is 12.8. The largest absolute Gasteiger partial charge is 0.344 e. The number of aromatic nitrogens is 3. The fourth-order valence-corrected chi connectivity index (χ4v) is 3.26. The number of aryl methyl sites for hydroxylation is 1. The molecule has 1 amide bonds. The second-order valence-corrected chi connectivity index (χ2v) is 6.55. The third-order valence-electron chi connectivity index (χ3n) is 4.52. The van der Waals surface area contributed by atoms with E-state index in [-0.39, 0.29) is 23.6 Å². The summed E-state index contributed by atoms with van der Waals surface area (Å²) in [4.78, 5) is 19.0. The summed E-state index contributed by atoms with van der Waals surface area (Å²) in [5, 5.41) is 8.06. The molecule has 2 fully saturated rings. The number of amides is 1. The van der Waals surface area contributed by atoms with Gasteiger partial charge in [-0.2, -0.15) is 4.98 Å². The van der Waals surface area contributed by atoms with Crippen LogP contribution in [-0.2, 0) is 11.2 Å². The molecule has 1 aliphatic heterocycles. The van der Waals surface area contributed by atoms with Gasteiger partial charge in [0.1, 0.15) is 0 Å². The van der Waals surface area contributed by atoms with Gasteiger partial charge in [-0.25, -0.2) is 0 Å². The molecule has 0 radical (unpaired) electrons. The Morgan fingerprint density at radius 1 is 1.30 bits per heavy atom. The molecule has 23 heavy (non-hydrogen) atoms. The first-order chi connectivity index (χ1) is 11.1. The van der Waals surface area contributed by atoms with Gasteiger partial charge in [0.05, 0.1) is 18.2 Å². The van der Waals surface area contributed by atoms with Crippen molar-refractivity contribution in [3.63, 3.8) is 0 Å². The van der Waals surface area contributed by atoms with Crippen LogP contribution in [0.4, 0.5) is 0 Å². The van der Waals surface area contributed by atoms with E-state index >= 15 is 0 Å². The van der Waals surface area contributed by atoms with Crippen LogP contribution in [0.15, 0.2) is 9.05 Å². The van der Waals surface area contributed by atoms with E-state index in [0.717, 1.165) is 25.7 Å². The standard InChI is InChI=1S/C15H17ClN4O3/c1-8-10(13(16)22-18-8)7-12(21)20-6-2-3-11(20)14-17-15(23-19-14)9-4-5-9/h9,11H,2-7H2,1H3. The normalized spacial score (nSPS) is 21.1. The van der Waals surface area contributed by atoms with Gasteiger partial charge >= 0.3 is 0 Å². The summed E-state index contributed by atoms with van der Waals surface area (Å²) in [7, 11) is 0. The van der Waals surface area contributed by atoms with Gasteiger partial charge in [-0.15, -0.1) is 0 Å². The maximum Gasteiger partial charge on any atom is 0.229 e. The SMILES string of the molecule is Cc1noc(Cl)c1CC(=O)N1CCCC1c1noc(C2CC2)n1. The predicted octanol–water partition coefficient (Wildman–Crippen LogP) is 2.80. The molecular weight excluding hydrogens is 320 g/mol. The minimum Gasteiger partial charge on any atom is -0.344 e. The first-order valence-electron chi connectivity index (χ1n) is 7.87. The topological polar surface area (TPSA) is 85.3 Å². The summed E-state index contributed by atoms with van der Waals surface area (Å²) < 4.78 is 10.2. The average molecular weight is 337 g/mol. The maximum atomic E-state index is 12.7. The number of rotatable bonds is 4. The summed E-state index contributed by atoms with van der Waals surface area (Å²) in [6, 6.07) is -0.113. The highest BCUT2D eigenvalue weighted by Gasteiger charge is 2.36. The lowest BCUT2D eigenvalue weighted by Crippen LogP contribution is -2.32. The van der Waals surface area contributed by atoms with Crippen molar-refractivity contribution in [1.29, 1.82) is 0 Å². The molecule has 0 spiro atoms. The summed E-state index contributed by atoms with van der Waals surface area (Å²) in [6.45, 7) is 2.47. The molecule has 3 heterocycles. The van der Waals surface area contributed by atoms with Crippen LogP contribution in [0.25, 0.3) is 0 Å². The van der Waals surface area contributed by atoms with Crippen molar-refractivity contribution >= 4 is 17.5 Å². The van der Waals surface area contributed by atoms with Gasteiger partial charge < -0.3 is 13.9 Å². The van der Waals surface area contributed by atoms with Crippen molar-refractivity contribution in [2.24, 2.45) is 0 Å². The molecule has 0 N–H and O–H groups in total. The zero-order chi connectivity index (χ0) is 16.0. The lowest BCUT2D eigenvalue weighted by Gasteiger charge is -2.22. The molecule has 0 aromatic carbocycles. The molecule has 4 rings (SSSR count). The number of halogens is 1. The lowest BCUT2D eigenvalue weighted by atomic mass is 10.1. The Morgan fingerprint density at radius 2 is 2.13 bits per heavy atom. The molecule has 0 bridgehead atoms. The predicted molar refractivity (Wildman–Crippen MR) is 79.9 cm³/mol. The Morgan fingerprint density at radius 3 is 2.83 bits per heavy atom. The van der Waals surface area contributed by atoms with Crippen LogP contribution in [0, 0.1) is 6.92 Å². The van der Waals surface area contributed by atoms with Crippen LogP contribution in [-0.4, -0.2) is 32.6 Å². The van der Waals surface area contributed by atoms with Crippen molar-refractivity contribution in [3.8, 4) is 0 Å². The second kappa shape index (κ2) is 5.63. The molecule has 1 saturated carbocycles. The first-order valence-corrected chi connectivity index (χ1v) is 8.25. The quantitative estimate of drug-likeness (QED) is 0.853. The number of hydrogen-bond donors (Lipinski definition) is 0. The van der Waals surface area contributed by atoms with E-state index in [1.54, 1.807) is 6.92 Å². The van der Waals surface area contributed by atoms with Gasteiger partial charge in [-0.3, -0.25) is 4.79 Å². The molecular formula is C15H17ClN4O3. The smallest absolute Gasteiger partial charge is 0.229 e. The number of carbonyl (C=O) groups excluding carboxylic acids is 1. The number of nitrogens with zero attached hydrogens (tertiary/aromatic N) is 4. The van der Waals surface area contributed by atoms with Crippen LogP contribution in [0.2, 0.25) is 5.22 Å². The van der Waals surface area contributed by atoms with Crippen molar-refractivity contribution in [2.45, 2.75) is 51.0 Å². The highest BCUT2D eigenvalue weighted by Crippen LogP contribution is 2.40. The number of carbonyl (C=O) groups is 1. The Labute approximate surface area is 138 Å². The van der Waals surface area contributed by atoms with Crippen molar-refractivity contribution in [1.82, 2.24) is 20.2 Å². The van der Waals surface area contributed by atoms with Gasteiger partial charge in [0.2, 0.25) is 17.0 Å². The highest BCUT2D eigenvalue weighted by molar-refractivity contribution is 6.29. The summed E-state index contributed by atoms with van der Waals surface area (Å²) >= 11 is 5.95. The van der Waals surface area contributed by atoms with Crippen LogP contribution in [0.5, 0.6) is 0 Å². The van der Waals surface area contributed by atoms with E-state index in [9.17, 15) is 4.79 Å². The maximum absolute atomic E-state index is 12.7. The van der Waals surface area contributed by atoms with E-state index in [4.69, 9.17) is 20.6 Å². The van der Waals surface area contributed by atoms with Crippen molar-refractivity contribution in [2.75, 3.05) is 6.54 Å². The average Bonchev–Trinajstić information content (AvgIpc) is 2.97. The van der Waals surface area contributed by atoms with Crippen molar-refractivity contribution in [3.05, 3.63) is 28.2 Å². The van der Waals surface area contributed by atoms with E-state index in [1.807, 2.05) is 4.90 Å². The molecule has 1 unspecified atom stereocenters. The Hall–Kier alpha value is -1.89. The molecule has 2 aromatic heterocycles. The van der Waals surface area contributed by atoms with Gasteiger partial charge in [0.15, 0.2) is 5.82 Å². The minimum absolute atomic E-state index is 0.0153. The summed E-state index contributed by atoms with van der Waals surface area (Å²) in [6.07, 6.45) is 4.18. The van der Waals surface area contributed by atoms with E-state index in [0.29, 0.717) is 35.4 Å². The van der Waals surface area contributed by atoms with Gasteiger partial charge in [0.25, 0.3) is 0 Å². The lowest BCUT2D eigenvalue weighted by molar-refractivity contribution is -0.131. The fraction of sp³-hybridized carbons (Fsp3) is 0.600. The first kappa shape index (κ1) is 14.7. The molecule has 7 nitrogen and oxygen atoms in total. The summed E-state index contributed by atoms with van der Waals surface area (Å²) in [5.74, 6) is 1.72. The molecule has 1 saturated heterocycles. The molecule has 1 aliphatic carbocycles. The van der Waals surface area contributed by atoms with Gasteiger partial charge in [0, 0.05) is 18.0 Å². The second-order valence-electron chi connectivity index (χ2n) is 6.21. The Bertz CT molecular complexity index is 717. The van der Waals surface area contributed by atoms with Crippen LogP contribution in [0.3, 0.4) is 0 Å². The monoisotopic (exact) mass is 336 g/mol. The Kier molecular flexibility index (Phi) is 3.60. The third-order valence-corrected chi connectivity index (χ3v) is 4.82. The van der Waals surface area contributed by atoms with Crippen molar-refractivity contribution < 1.29 is 13.8 Å². The molecule has 122 valence electrons. The zero-order valence-corrected chi connectivity index (χ0v) is 13.5. The van der Waals surface area contributed by atoms with Crippen LogP contribution in [0.1, 0.15) is 60.6 Å². The van der Waals surface area contributed by atoms with E-state index < -0.39 is 0 Å². The number of hydrogen-bond acceptors (Lipinski definition) is 6. The highest BCUT2D eigenvalue weighted by atomic mass is 35.5. The Balaban J connectivity index is 1.51. The molecule has 2 aromatic rings. The number of likely N-dealkylation sites (tertiary alicyclic amines) is 1. The fourth-order valence-electron chi connectivity index (χ4n) is 3.02. The van der Waals surface area contributed by atoms with E-state index in [2.05, 4.69) is 15.3 Å². The summed E-state index contributed by atoms with van der Waals surface area (Å²) in [5.41, 5.74) is 1.30. The minimum atomic E-state index is -0.113. The molecule has 8 heteroatoms. The van der Waals surface area contributed by atoms with Crippen LogP contribution >= 0.6 is 11.6 Å². The molecule has 1 atom stereocenters. The van der Waals surface area contributed by atoms with Gasteiger partial charge in [-0.1, -0.05) is 10.3 Å². The van der Waals surface area contributed by atoms with Crippen LogP contribution < -0.4 is 0 Å². The van der Waals surface area contributed by atoms with Gasteiger partial charge in [-0.05, 0) is 44.2 Å². The molecule has 2 aliphatic rings.